The lowest BCUT2D eigenvalue weighted by Gasteiger charge is -2.15. The van der Waals surface area contributed by atoms with Crippen molar-refractivity contribution in [1.29, 1.82) is 0 Å². The number of halogens is 1. The van der Waals surface area contributed by atoms with E-state index >= 15 is 0 Å². The van der Waals surface area contributed by atoms with Crippen LogP contribution in [0.25, 0.3) is 0 Å². The molecule has 0 aromatic carbocycles. The molecule has 0 aliphatic heterocycles. The molecule has 0 fully saturated rings. The van der Waals surface area contributed by atoms with Crippen LogP contribution in [0.2, 0.25) is 0 Å². The van der Waals surface area contributed by atoms with Crippen LogP contribution in [0.5, 0.6) is 0 Å². The molecule has 0 saturated heterocycles. The lowest BCUT2D eigenvalue weighted by molar-refractivity contribution is 0.487. The summed E-state index contributed by atoms with van der Waals surface area (Å²) >= 11 is 5.08. The van der Waals surface area contributed by atoms with Crippen LogP contribution in [0.15, 0.2) is 15.9 Å². The molecule has 4 N–H and O–H groups in total. The summed E-state index contributed by atoms with van der Waals surface area (Å²) in [6.45, 7) is 2.70. The van der Waals surface area contributed by atoms with Crippen LogP contribution < -0.4 is 11.5 Å². The van der Waals surface area contributed by atoms with Gasteiger partial charge >= 0.3 is 0 Å². The third-order valence-electron chi connectivity index (χ3n) is 1.91. The molecule has 1 aromatic rings. The fourth-order valence-corrected chi connectivity index (χ4v) is 2.49. The average molecular weight is 249 g/mol. The van der Waals surface area contributed by atoms with Crippen molar-refractivity contribution < 1.29 is 0 Å². The predicted molar refractivity (Wildman–Crippen MR) is 57.2 cm³/mol. The van der Waals surface area contributed by atoms with Gasteiger partial charge in [0.2, 0.25) is 0 Å². The van der Waals surface area contributed by atoms with Crippen LogP contribution in [0.1, 0.15) is 17.8 Å². The molecular formula is C8H13BrN2S. The summed E-state index contributed by atoms with van der Waals surface area (Å²) in [5.74, 6) is 0.343. The molecular weight excluding hydrogens is 236 g/mol. The maximum absolute atomic E-state index is 5.97. The highest BCUT2D eigenvalue weighted by Gasteiger charge is 2.14. The van der Waals surface area contributed by atoms with Crippen molar-refractivity contribution in [3.8, 4) is 0 Å². The molecule has 2 nitrogen and oxygen atoms in total. The molecule has 0 bridgehead atoms. The number of nitrogens with two attached hydrogens (primary N) is 2. The topological polar surface area (TPSA) is 52.0 Å². The molecule has 0 amide bonds. The summed E-state index contributed by atoms with van der Waals surface area (Å²) in [6, 6.07) is 4.14. The van der Waals surface area contributed by atoms with E-state index in [0.717, 1.165) is 3.79 Å². The molecule has 2 atom stereocenters. The minimum atomic E-state index is 0.0753. The molecule has 0 radical (unpaired) electrons. The van der Waals surface area contributed by atoms with Crippen molar-refractivity contribution >= 4 is 27.3 Å². The summed E-state index contributed by atoms with van der Waals surface area (Å²) in [7, 11) is 0. The first kappa shape index (κ1) is 10.2. The predicted octanol–water partition coefficient (Wildman–Crippen LogP) is 2.11. The third kappa shape index (κ3) is 2.29. The van der Waals surface area contributed by atoms with Crippen LogP contribution >= 0.6 is 27.3 Å². The zero-order chi connectivity index (χ0) is 9.14. The van der Waals surface area contributed by atoms with Gasteiger partial charge in [0.25, 0.3) is 0 Å². The number of hydrogen-bond acceptors (Lipinski definition) is 3. The van der Waals surface area contributed by atoms with Crippen LogP contribution in [-0.2, 0) is 0 Å². The van der Waals surface area contributed by atoms with Gasteiger partial charge in [-0.1, -0.05) is 6.92 Å². The average Bonchev–Trinajstić information content (AvgIpc) is 2.49. The second kappa shape index (κ2) is 4.37. The minimum Gasteiger partial charge on any atom is -0.330 e. The van der Waals surface area contributed by atoms with Gasteiger partial charge in [0.1, 0.15) is 0 Å². The van der Waals surface area contributed by atoms with E-state index in [4.69, 9.17) is 11.5 Å². The second-order valence-electron chi connectivity index (χ2n) is 2.88. The monoisotopic (exact) mass is 248 g/mol. The molecule has 4 heteroatoms. The summed E-state index contributed by atoms with van der Waals surface area (Å²) in [6.07, 6.45) is 0. The standard InChI is InChI=1S/C8H13BrN2S/c1-5(4-10)8(11)6-2-3-7(9)12-6/h2-3,5,8H,4,10-11H2,1H3. The lowest BCUT2D eigenvalue weighted by atomic mass is 10.0. The van der Waals surface area contributed by atoms with Crippen LogP contribution in [0.3, 0.4) is 0 Å². The molecule has 0 aliphatic carbocycles. The molecule has 1 aromatic heterocycles. The van der Waals surface area contributed by atoms with E-state index in [-0.39, 0.29) is 6.04 Å². The zero-order valence-electron chi connectivity index (χ0n) is 6.96. The Balaban J connectivity index is 2.70. The van der Waals surface area contributed by atoms with Crippen molar-refractivity contribution in [1.82, 2.24) is 0 Å². The van der Waals surface area contributed by atoms with Crippen LogP contribution in [0, 0.1) is 5.92 Å². The van der Waals surface area contributed by atoms with Crippen molar-refractivity contribution in [2.45, 2.75) is 13.0 Å². The Kier molecular flexibility index (Phi) is 3.71. The SMILES string of the molecule is CC(CN)C(N)c1ccc(Br)s1. The Morgan fingerprint density at radius 1 is 1.58 bits per heavy atom. The normalized spacial score (nSPS) is 16.0. The third-order valence-corrected chi connectivity index (χ3v) is 3.63. The Hall–Kier alpha value is 0.1000. The quantitative estimate of drug-likeness (QED) is 0.861. The van der Waals surface area contributed by atoms with Gasteiger partial charge < -0.3 is 11.5 Å². The summed E-state index contributed by atoms with van der Waals surface area (Å²) in [4.78, 5) is 1.19. The van der Waals surface area contributed by atoms with Gasteiger partial charge in [-0.15, -0.1) is 11.3 Å². The number of hydrogen-bond donors (Lipinski definition) is 2. The Morgan fingerprint density at radius 3 is 2.67 bits per heavy atom. The fraction of sp³-hybridized carbons (Fsp3) is 0.500. The van der Waals surface area contributed by atoms with Gasteiger partial charge in [-0.3, -0.25) is 0 Å². The summed E-state index contributed by atoms with van der Waals surface area (Å²) in [5.41, 5.74) is 11.5. The van der Waals surface area contributed by atoms with Gasteiger partial charge in [0.15, 0.2) is 0 Å². The van der Waals surface area contributed by atoms with E-state index in [0.29, 0.717) is 12.5 Å². The lowest BCUT2D eigenvalue weighted by Crippen LogP contribution is -2.24. The largest absolute Gasteiger partial charge is 0.330 e. The highest BCUT2D eigenvalue weighted by Crippen LogP contribution is 2.29. The molecule has 0 spiro atoms. The highest BCUT2D eigenvalue weighted by atomic mass is 79.9. The summed E-state index contributed by atoms with van der Waals surface area (Å²) < 4.78 is 1.12. The van der Waals surface area contributed by atoms with Gasteiger partial charge in [-0.05, 0) is 40.5 Å². The Bertz CT molecular complexity index is 249. The molecule has 1 heterocycles. The van der Waals surface area contributed by atoms with E-state index in [1.54, 1.807) is 11.3 Å². The molecule has 1 rings (SSSR count). The fourth-order valence-electron chi connectivity index (χ4n) is 0.934. The van der Waals surface area contributed by atoms with Crippen molar-refractivity contribution in [3.63, 3.8) is 0 Å². The molecule has 68 valence electrons. The number of thiophene rings is 1. The van der Waals surface area contributed by atoms with E-state index < -0.39 is 0 Å². The van der Waals surface area contributed by atoms with E-state index in [1.807, 2.05) is 12.1 Å². The molecule has 2 unspecified atom stereocenters. The molecule has 0 aliphatic rings. The van der Waals surface area contributed by atoms with Gasteiger partial charge in [0.05, 0.1) is 3.79 Å². The van der Waals surface area contributed by atoms with Crippen LogP contribution in [-0.4, -0.2) is 6.54 Å². The minimum absolute atomic E-state index is 0.0753. The summed E-state index contributed by atoms with van der Waals surface area (Å²) in [5, 5.41) is 0. The van der Waals surface area contributed by atoms with E-state index in [9.17, 15) is 0 Å². The van der Waals surface area contributed by atoms with Crippen molar-refractivity contribution in [2.75, 3.05) is 6.54 Å². The zero-order valence-corrected chi connectivity index (χ0v) is 9.36. The Morgan fingerprint density at radius 2 is 2.25 bits per heavy atom. The smallest absolute Gasteiger partial charge is 0.0701 e. The van der Waals surface area contributed by atoms with Crippen molar-refractivity contribution in [3.05, 3.63) is 20.8 Å². The maximum Gasteiger partial charge on any atom is 0.0701 e. The second-order valence-corrected chi connectivity index (χ2v) is 5.38. The molecule has 12 heavy (non-hydrogen) atoms. The first-order valence-corrected chi connectivity index (χ1v) is 5.47. The molecule has 0 saturated carbocycles. The van der Waals surface area contributed by atoms with Crippen LogP contribution in [0.4, 0.5) is 0 Å². The first-order chi connectivity index (χ1) is 5.65. The first-order valence-electron chi connectivity index (χ1n) is 3.86. The van der Waals surface area contributed by atoms with Gasteiger partial charge in [0, 0.05) is 10.9 Å². The van der Waals surface area contributed by atoms with Gasteiger partial charge in [-0.2, -0.15) is 0 Å². The number of rotatable bonds is 3. The highest BCUT2D eigenvalue weighted by molar-refractivity contribution is 9.11. The maximum atomic E-state index is 5.97. The van der Waals surface area contributed by atoms with Crippen molar-refractivity contribution in [2.24, 2.45) is 17.4 Å². The van der Waals surface area contributed by atoms with Gasteiger partial charge in [-0.25, -0.2) is 0 Å². The Labute approximate surface area is 85.1 Å². The van der Waals surface area contributed by atoms with E-state index in [1.165, 1.54) is 4.88 Å². The van der Waals surface area contributed by atoms with E-state index in [2.05, 4.69) is 22.9 Å².